The van der Waals surface area contributed by atoms with Crippen LogP contribution in [0, 0.1) is 11.8 Å². The van der Waals surface area contributed by atoms with E-state index in [1.807, 2.05) is 0 Å². The second-order valence-electron chi connectivity index (χ2n) is 6.28. The Bertz CT molecular complexity index is 734. The first-order chi connectivity index (χ1) is 11.8. The van der Waals surface area contributed by atoms with Crippen LogP contribution >= 0.6 is 0 Å². The van der Waals surface area contributed by atoms with Crippen molar-refractivity contribution in [3.63, 3.8) is 0 Å². The molecule has 1 N–H and O–H groups in total. The van der Waals surface area contributed by atoms with Crippen molar-refractivity contribution < 1.29 is 0 Å². The van der Waals surface area contributed by atoms with Crippen LogP contribution in [0.4, 0.5) is 0 Å². The monoisotopic (exact) mass is 322 g/mol. The van der Waals surface area contributed by atoms with Crippen molar-refractivity contribution in [1.82, 2.24) is 20.2 Å². The van der Waals surface area contributed by atoms with E-state index in [2.05, 4.69) is 64.1 Å². The Kier molecular flexibility index (Phi) is 5.79. The molecule has 0 saturated carbocycles. The summed E-state index contributed by atoms with van der Waals surface area (Å²) in [5.41, 5.74) is 3.27. The molecule has 0 atom stereocenters. The highest BCUT2D eigenvalue weighted by Gasteiger charge is 2.19. The number of piperidine rings is 1. The van der Waals surface area contributed by atoms with Crippen molar-refractivity contribution in [2.75, 3.05) is 32.7 Å². The molecule has 2 heterocycles. The lowest BCUT2D eigenvalue weighted by molar-refractivity contribution is 0.342. The molecule has 126 valence electrons. The fraction of sp³-hybridized carbons (Fsp3) is 0.500. The predicted molar refractivity (Wildman–Crippen MR) is 99.0 cm³/mol. The summed E-state index contributed by atoms with van der Waals surface area (Å²) in [4.78, 5) is 11.4. The van der Waals surface area contributed by atoms with Crippen molar-refractivity contribution in [3.8, 4) is 11.8 Å². The van der Waals surface area contributed by atoms with Gasteiger partial charge >= 0.3 is 0 Å². The zero-order valence-corrected chi connectivity index (χ0v) is 14.7. The number of aromatic nitrogens is 2. The number of benzene rings is 1. The number of hydrogen-bond donors (Lipinski definition) is 1. The van der Waals surface area contributed by atoms with Crippen LogP contribution in [0.2, 0.25) is 0 Å². The number of fused-ring (bicyclic) bond motifs is 1. The number of nitrogens with one attached hydrogen (secondary N) is 1. The first kappa shape index (κ1) is 16.9. The Morgan fingerprint density at radius 1 is 1.17 bits per heavy atom. The molecule has 0 unspecified atom stereocenters. The largest absolute Gasteiger partial charge is 0.317 e. The Hall–Kier alpha value is -1.96. The normalized spacial score (nSPS) is 15.5. The maximum atomic E-state index is 4.61. The SMILES string of the molecule is CCN(CC)CC#Cc1ccc2ncnc(C3CCNCC3)c2c1. The molecular weight excluding hydrogens is 296 g/mol. The molecule has 3 rings (SSSR count). The molecule has 4 heteroatoms. The summed E-state index contributed by atoms with van der Waals surface area (Å²) in [5, 5.41) is 4.59. The quantitative estimate of drug-likeness (QED) is 0.879. The van der Waals surface area contributed by atoms with Gasteiger partial charge < -0.3 is 5.32 Å². The molecule has 24 heavy (non-hydrogen) atoms. The molecule has 0 spiro atoms. The average molecular weight is 322 g/mol. The summed E-state index contributed by atoms with van der Waals surface area (Å²) in [7, 11) is 0. The predicted octanol–water partition coefficient (Wildman–Crippen LogP) is 2.79. The Morgan fingerprint density at radius 2 is 1.96 bits per heavy atom. The van der Waals surface area contributed by atoms with Gasteiger partial charge in [-0.1, -0.05) is 25.7 Å². The molecule has 1 aliphatic rings. The van der Waals surface area contributed by atoms with Crippen LogP contribution in [0.15, 0.2) is 24.5 Å². The van der Waals surface area contributed by atoms with Crippen LogP contribution in [-0.2, 0) is 0 Å². The number of rotatable bonds is 4. The van der Waals surface area contributed by atoms with Gasteiger partial charge in [-0.15, -0.1) is 0 Å². The van der Waals surface area contributed by atoms with E-state index in [1.165, 1.54) is 11.1 Å². The maximum Gasteiger partial charge on any atom is 0.116 e. The average Bonchev–Trinajstić information content (AvgIpc) is 2.65. The zero-order chi connectivity index (χ0) is 16.8. The van der Waals surface area contributed by atoms with E-state index < -0.39 is 0 Å². The molecule has 1 saturated heterocycles. The standard InChI is InChI=1S/C20H26N4/c1-3-24(4-2)13-5-6-16-7-8-19-18(14-16)20(23-15-22-19)17-9-11-21-12-10-17/h7-8,14-15,17,21H,3-4,9-13H2,1-2H3. The van der Waals surface area contributed by atoms with Gasteiger partial charge in [-0.2, -0.15) is 0 Å². The first-order valence-electron chi connectivity index (χ1n) is 8.98. The van der Waals surface area contributed by atoms with E-state index in [0.717, 1.165) is 56.6 Å². The zero-order valence-electron chi connectivity index (χ0n) is 14.7. The third-order valence-electron chi connectivity index (χ3n) is 4.82. The maximum absolute atomic E-state index is 4.61. The van der Waals surface area contributed by atoms with Crippen molar-refractivity contribution >= 4 is 10.9 Å². The van der Waals surface area contributed by atoms with E-state index in [1.54, 1.807) is 6.33 Å². The van der Waals surface area contributed by atoms with Crippen LogP contribution < -0.4 is 5.32 Å². The molecule has 1 aromatic heterocycles. The molecule has 0 radical (unpaired) electrons. The van der Waals surface area contributed by atoms with Crippen molar-refractivity contribution in [2.24, 2.45) is 0 Å². The van der Waals surface area contributed by atoms with Crippen LogP contribution in [0.3, 0.4) is 0 Å². The van der Waals surface area contributed by atoms with Gasteiger partial charge in [0.2, 0.25) is 0 Å². The highest BCUT2D eigenvalue weighted by Crippen LogP contribution is 2.29. The third kappa shape index (κ3) is 3.92. The molecule has 0 amide bonds. The molecule has 1 fully saturated rings. The summed E-state index contributed by atoms with van der Waals surface area (Å²) >= 11 is 0. The number of nitrogens with zero attached hydrogens (tertiary/aromatic N) is 3. The smallest absolute Gasteiger partial charge is 0.116 e. The van der Waals surface area contributed by atoms with E-state index in [-0.39, 0.29) is 0 Å². The summed E-state index contributed by atoms with van der Waals surface area (Å²) in [6.45, 7) is 9.37. The Labute approximate surface area is 144 Å². The van der Waals surface area contributed by atoms with Crippen LogP contribution in [0.25, 0.3) is 10.9 Å². The van der Waals surface area contributed by atoms with Gasteiger partial charge in [0.1, 0.15) is 6.33 Å². The van der Waals surface area contributed by atoms with Gasteiger partial charge in [0.05, 0.1) is 17.8 Å². The third-order valence-corrected chi connectivity index (χ3v) is 4.82. The van der Waals surface area contributed by atoms with E-state index >= 15 is 0 Å². The minimum atomic E-state index is 0.524. The van der Waals surface area contributed by atoms with Crippen molar-refractivity contribution in [2.45, 2.75) is 32.6 Å². The minimum absolute atomic E-state index is 0.524. The summed E-state index contributed by atoms with van der Waals surface area (Å²) in [6.07, 6.45) is 3.99. The molecule has 0 bridgehead atoms. The summed E-state index contributed by atoms with van der Waals surface area (Å²) in [5.74, 6) is 7.12. The fourth-order valence-electron chi connectivity index (χ4n) is 3.28. The second kappa shape index (κ2) is 8.23. The molecule has 1 aliphatic heterocycles. The highest BCUT2D eigenvalue weighted by atomic mass is 15.1. The highest BCUT2D eigenvalue weighted by molar-refractivity contribution is 5.82. The van der Waals surface area contributed by atoms with E-state index in [0.29, 0.717) is 5.92 Å². The van der Waals surface area contributed by atoms with E-state index in [4.69, 9.17) is 0 Å². The lowest BCUT2D eigenvalue weighted by Crippen LogP contribution is -2.27. The second-order valence-corrected chi connectivity index (χ2v) is 6.28. The summed E-state index contributed by atoms with van der Waals surface area (Å²) in [6, 6.07) is 6.31. The minimum Gasteiger partial charge on any atom is -0.317 e. The van der Waals surface area contributed by atoms with Crippen molar-refractivity contribution in [1.29, 1.82) is 0 Å². The van der Waals surface area contributed by atoms with Crippen LogP contribution in [0.5, 0.6) is 0 Å². The topological polar surface area (TPSA) is 41.1 Å². The van der Waals surface area contributed by atoms with Gasteiger partial charge in [0.25, 0.3) is 0 Å². The molecule has 1 aromatic carbocycles. The Morgan fingerprint density at radius 3 is 2.71 bits per heavy atom. The lowest BCUT2D eigenvalue weighted by Gasteiger charge is -2.23. The van der Waals surface area contributed by atoms with Gasteiger partial charge in [0.15, 0.2) is 0 Å². The summed E-state index contributed by atoms with van der Waals surface area (Å²) < 4.78 is 0. The van der Waals surface area contributed by atoms with Gasteiger partial charge in [-0.3, -0.25) is 4.90 Å². The van der Waals surface area contributed by atoms with Gasteiger partial charge in [0, 0.05) is 16.9 Å². The van der Waals surface area contributed by atoms with Gasteiger partial charge in [-0.25, -0.2) is 9.97 Å². The van der Waals surface area contributed by atoms with Crippen LogP contribution in [-0.4, -0.2) is 47.6 Å². The molecular formula is C20H26N4. The first-order valence-corrected chi connectivity index (χ1v) is 8.98. The fourth-order valence-corrected chi connectivity index (χ4v) is 3.28. The lowest BCUT2D eigenvalue weighted by atomic mass is 9.91. The Balaban J connectivity index is 1.87. The van der Waals surface area contributed by atoms with Crippen molar-refractivity contribution in [3.05, 3.63) is 35.8 Å². The molecule has 0 aliphatic carbocycles. The number of hydrogen-bond acceptors (Lipinski definition) is 4. The van der Waals surface area contributed by atoms with Crippen LogP contribution in [0.1, 0.15) is 43.9 Å². The van der Waals surface area contributed by atoms with E-state index in [9.17, 15) is 0 Å². The molecule has 2 aromatic rings. The van der Waals surface area contributed by atoms with Gasteiger partial charge in [-0.05, 0) is 57.2 Å². The molecule has 4 nitrogen and oxygen atoms in total.